The first-order valence-electron chi connectivity index (χ1n) is 5.19. The number of carbonyl (C=O) groups is 1. The molecular formula is C12H9Cl2N3O2. The van der Waals surface area contributed by atoms with Crippen LogP contribution in [0.4, 0.5) is 17.2 Å². The fourth-order valence-corrected chi connectivity index (χ4v) is 1.78. The zero-order valence-electron chi connectivity index (χ0n) is 9.52. The number of nitrogen functional groups attached to an aromatic ring is 1. The first kappa shape index (κ1) is 13.5. The molecule has 0 saturated carbocycles. The summed E-state index contributed by atoms with van der Waals surface area (Å²) in [4.78, 5) is 14.7. The van der Waals surface area contributed by atoms with Crippen molar-refractivity contribution in [2.45, 2.75) is 0 Å². The molecular weight excluding hydrogens is 289 g/mol. The van der Waals surface area contributed by atoms with E-state index >= 15 is 0 Å². The van der Waals surface area contributed by atoms with E-state index in [1.54, 1.807) is 18.2 Å². The van der Waals surface area contributed by atoms with Crippen molar-refractivity contribution in [3.63, 3.8) is 0 Å². The van der Waals surface area contributed by atoms with Crippen LogP contribution < -0.4 is 11.1 Å². The highest BCUT2D eigenvalue weighted by molar-refractivity contribution is 6.43. The topological polar surface area (TPSA) is 88.2 Å². The van der Waals surface area contributed by atoms with Gasteiger partial charge < -0.3 is 16.2 Å². The number of benzene rings is 1. The van der Waals surface area contributed by atoms with Gasteiger partial charge in [-0.1, -0.05) is 29.3 Å². The standard InChI is InChI=1S/C12H9Cl2N3O2/c13-7-2-1-3-9(10(7)14)17-11-8(15)4-6(5-16-11)12(18)19/h1-5H,15H2,(H,16,17)(H,18,19). The molecule has 0 atom stereocenters. The zero-order chi connectivity index (χ0) is 14.0. The summed E-state index contributed by atoms with van der Waals surface area (Å²) in [5.74, 6) is -0.777. The largest absolute Gasteiger partial charge is 0.478 e. The van der Waals surface area contributed by atoms with Crippen LogP contribution in [0, 0.1) is 0 Å². The number of halogens is 2. The first-order chi connectivity index (χ1) is 8.99. The van der Waals surface area contributed by atoms with Crippen molar-refractivity contribution in [1.82, 2.24) is 4.98 Å². The quantitative estimate of drug-likeness (QED) is 0.808. The van der Waals surface area contributed by atoms with Crippen LogP contribution in [0.2, 0.25) is 10.0 Å². The SMILES string of the molecule is Nc1cc(C(=O)O)cnc1Nc1cccc(Cl)c1Cl. The summed E-state index contributed by atoms with van der Waals surface area (Å²) in [6.45, 7) is 0. The van der Waals surface area contributed by atoms with Crippen molar-refractivity contribution in [3.8, 4) is 0 Å². The second-order valence-corrected chi connectivity index (χ2v) is 4.48. The summed E-state index contributed by atoms with van der Waals surface area (Å²) < 4.78 is 0. The monoisotopic (exact) mass is 297 g/mol. The highest BCUT2D eigenvalue weighted by atomic mass is 35.5. The molecule has 0 radical (unpaired) electrons. The second-order valence-electron chi connectivity index (χ2n) is 3.69. The van der Waals surface area contributed by atoms with E-state index in [0.29, 0.717) is 21.6 Å². The van der Waals surface area contributed by atoms with Gasteiger partial charge in [-0.05, 0) is 18.2 Å². The van der Waals surface area contributed by atoms with Gasteiger partial charge in [-0.15, -0.1) is 0 Å². The lowest BCUT2D eigenvalue weighted by Crippen LogP contribution is -2.04. The van der Waals surface area contributed by atoms with Gasteiger partial charge in [-0.2, -0.15) is 0 Å². The Kier molecular flexibility index (Phi) is 3.78. The highest BCUT2D eigenvalue weighted by Crippen LogP contribution is 2.32. The Morgan fingerprint density at radius 1 is 1.37 bits per heavy atom. The van der Waals surface area contributed by atoms with E-state index in [1.807, 2.05) is 0 Å². The second kappa shape index (κ2) is 5.34. The third-order valence-electron chi connectivity index (χ3n) is 2.37. The molecule has 98 valence electrons. The number of hydrogen-bond acceptors (Lipinski definition) is 4. The Bertz CT molecular complexity index is 647. The molecule has 0 fully saturated rings. The number of pyridine rings is 1. The minimum Gasteiger partial charge on any atom is -0.478 e. The van der Waals surface area contributed by atoms with E-state index in [1.165, 1.54) is 12.3 Å². The predicted octanol–water partition coefficient (Wildman–Crippen LogP) is 3.41. The molecule has 1 aromatic heterocycles. The molecule has 4 N–H and O–H groups in total. The Balaban J connectivity index is 2.34. The molecule has 0 aliphatic rings. The summed E-state index contributed by atoms with van der Waals surface area (Å²) in [5.41, 5.74) is 6.49. The van der Waals surface area contributed by atoms with Gasteiger partial charge in [0.05, 0.1) is 27.0 Å². The zero-order valence-corrected chi connectivity index (χ0v) is 11.0. The number of nitrogens with zero attached hydrogens (tertiary/aromatic N) is 1. The van der Waals surface area contributed by atoms with Gasteiger partial charge in [0.15, 0.2) is 5.82 Å². The van der Waals surface area contributed by atoms with Crippen LogP contribution in [-0.2, 0) is 0 Å². The number of hydrogen-bond donors (Lipinski definition) is 3. The van der Waals surface area contributed by atoms with Crippen LogP contribution in [0.15, 0.2) is 30.5 Å². The molecule has 19 heavy (non-hydrogen) atoms. The Labute approximate surface area is 119 Å². The lowest BCUT2D eigenvalue weighted by Gasteiger charge is -2.10. The van der Waals surface area contributed by atoms with Crippen molar-refractivity contribution in [1.29, 1.82) is 0 Å². The minimum absolute atomic E-state index is 0.0141. The van der Waals surface area contributed by atoms with Crippen LogP contribution in [0.3, 0.4) is 0 Å². The Morgan fingerprint density at radius 2 is 2.11 bits per heavy atom. The maximum absolute atomic E-state index is 10.8. The molecule has 0 saturated heterocycles. The summed E-state index contributed by atoms with van der Waals surface area (Å²) in [5, 5.41) is 12.5. The molecule has 5 nitrogen and oxygen atoms in total. The van der Waals surface area contributed by atoms with Crippen molar-refractivity contribution < 1.29 is 9.90 Å². The lowest BCUT2D eigenvalue weighted by molar-refractivity contribution is 0.0696. The van der Waals surface area contributed by atoms with Gasteiger partial charge in [-0.3, -0.25) is 0 Å². The van der Waals surface area contributed by atoms with Crippen molar-refractivity contribution in [2.24, 2.45) is 0 Å². The number of aromatic carboxylic acids is 1. The number of nitrogens with one attached hydrogen (secondary N) is 1. The smallest absolute Gasteiger partial charge is 0.337 e. The Morgan fingerprint density at radius 3 is 2.74 bits per heavy atom. The summed E-state index contributed by atoms with van der Waals surface area (Å²) in [7, 11) is 0. The number of nitrogens with two attached hydrogens (primary N) is 1. The van der Waals surface area contributed by atoms with Crippen molar-refractivity contribution in [3.05, 3.63) is 46.1 Å². The lowest BCUT2D eigenvalue weighted by atomic mass is 10.2. The third kappa shape index (κ3) is 2.89. The molecule has 1 aromatic carbocycles. The fourth-order valence-electron chi connectivity index (χ4n) is 1.43. The molecule has 0 aliphatic carbocycles. The molecule has 7 heteroatoms. The van der Waals surface area contributed by atoms with Crippen LogP contribution in [-0.4, -0.2) is 16.1 Å². The summed E-state index contributed by atoms with van der Waals surface area (Å²) in [6.07, 6.45) is 1.21. The molecule has 2 aromatic rings. The van der Waals surface area contributed by atoms with Crippen LogP contribution in [0.5, 0.6) is 0 Å². The average molecular weight is 298 g/mol. The highest BCUT2D eigenvalue weighted by Gasteiger charge is 2.10. The molecule has 0 bridgehead atoms. The average Bonchev–Trinajstić information content (AvgIpc) is 2.37. The molecule has 2 rings (SSSR count). The molecule has 0 amide bonds. The van der Waals surface area contributed by atoms with Gasteiger partial charge in [0.1, 0.15) is 0 Å². The number of carboxylic acids is 1. The number of aromatic nitrogens is 1. The van der Waals surface area contributed by atoms with Crippen molar-refractivity contribution in [2.75, 3.05) is 11.1 Å². The summed E-state index contributed by atoms with van der Waals surface area (Å²) >= 11 is 11.9. The van der Waals surface area contributed by atoms with Crippen molar-refractivity contribution >= 4 is 46.4 Å². The Hall–Kier alpha value is -1.98. The van der Waals surface area contributed by atoms with Gasteiger partial charge in [-0.25, -0.2) is 9.78 Å². The van der Waals surface area contributed by atoms with Gasteiger partial charge >= 0.3 is 5.97 Å². The number of rotatable bonds is 3. The van der Waals surface area contributed by atoms with Gasteiger partial charge in [0, 0.05) is 6.20 Å². The number of anilines is 3. The summed E-state index contributed by atoms with van der Waals surface area (Å²) in [6, 6.07) is 6.40. The van der Waals surface area contributed by atoms with E-state index in [-0.39, 0.29) is 11.3 Å². The van der Waals surface area contributed by atoms with Crippen LogP contribution in [0.1, 0.15) is 10.4 Å². The molecule has 0 aliphatic heterocycles. The maximum atomic E-state index is 10.8. The number of carboxylic acid groups (broad SMARTS) is 1. The van der Waals surface area contributed by atoms with E-state index in [0.717, 1.165) is 0 Å². The van der Waals surface area contributed by atoms with E-state index < -0.39 is 5.97 Å². The minimum atomic E-state index is -1.09. The van der Waals surface area contributed by atoms with E-state index in [4.69, 9.17) is 34.0 Å². The molecule has 1 heterocycles. The van der Waals surface area contributed by atoms with Crippen LogP contribution >= 0.6 is 23.2 Å². The fraction of sp³-hybridized carbons (Fsp3) is 0. The van der Waals surface area contributed by atoms with E-state index in [9.17, 15) is 4.79 Å². The van der Waals surface area contributed by atoms with Crippen LogP contribution in [0.25, 0.3) is 0 Å². The molecule has 0 spiro atoms. The van der Waals surface area contributed by atoms with Gasteiger partial charge in [0.2, 0.25) is 0 Å². The third-order valence-corrected chi connectivity index (χ3v) is 3.19. The molecule has 0 unspecified atom stereocenters. The normalized spacial score (nSPS) is 10.2. The van der Waals surface area contributed by atoms with Gasteiger partial charge in [0.25, 0.3) is 0 Å². The predicted molar refractivity (Wildman–Crippen MR) is 75.4 cm³/mol. The van der Waals surface area contributed by atoms with E-state index in [2.05, 4.69) is 10.3 Å². The first-order valence-corrected chi connectivity index (χ1v) is 5.94. The maximum Gasteiger partial charge on any atom is 0.337 e.